The standard InChI is InChI=1S/C14H23ClN2/c1-14(2,3)10-17(4)13-11(8-9-16)6-5-7-12(13)15/h5-7H,8-10,16H2,1-4H3. The number of para-hydroxylation sites is 1. The minimum absolute atomic E-state index is 0.244. The zero-order valence-electron chi connectivity index (χ0n) is 11.3. The first-order valence-corrected chi connectivity index (χ1v) is 6.41. The van der Waals surface area contributed by atoms with Crippen molar-refractivity contribution in [1.29, 1.82) is 0 Å². The second-order valence-electron chi connectivity index (χ2n) is 5.70. The molecule has 2 N–H and O–H groups in total. The molecule has 96 valence electrons. The topological polar surface area (TPSA) is 29.3 Å². The van der Waals surface area contributed by atoms with Crippen molar-refractivity contribution in [2.45, 2.75) is 27.2 Å². The van der Waals surface area contributed by atoms with Crippen LogP contribution in [0.1, 0.15) is 26.3 Å². The zero-order chi connectivity index (χ0) is 13.1. The lowest BCUT2D eigenvalue weighted by Crippen LogP contribution is -2.30. The Balaban J connectivity index is 3.02. The van der Waals surface area contributed by atoms with E-state index in [1.165, 1.54) is 5.56 Å². The number of anilines is 1. The van der Waals surface area contributed by atoms with Gasteiger partial charge in [0.1, 0.15) is 0 Å². The predicted octanol–water partition coefficient (Wildman–Crippen LogP) is 3.32. The molecule has 0 aromatic heterocycles. The molecular weight excluding hydrogens is 232 g/mol. The van der Waals surface area contributed by atoms with Gasteiger partial charge in [0.05, 0.1) is 10.7 Å². The lowest BCUT2D eigenvalue weighted by molar-refractivity contribution is 0.418. The highest BCUT2D eigenvalue weighted by Gasteiger charge is 2.17. The van der Waals surface area contributed by atoms with E-state index in [2.05, 4.69) is 38.8 Å². The summed E-state index contributed by atoms with van der Waals surface area (Å²) < 4.78 is 0. The molecular formula is C14H23ClN2. The average Bonchev–Trinajstić information content (AvgIpc) is 2.15. The summed E-state index contributed by atoms with van der Waals surface area (Å²) in [5.41, 5.74) is 8.24. The van der Waals surface area contributed by atoms with E-state index in [1.54, 1.807) is 0 Å². The van der Waals surface area contributed by atoms with Crippen molar-refractivity contribution in [3.05, 3.63) is 28.8 Å². The highest BCUT2D eigenvalue weighted by molar-refractivity contribution is 6.33. The molecule has 17 heavy (non-hydrogen) atoms. The molecule has 0 spiro atoms. The first-order valence-electron chi connectivity index (χ1n) is 6.04. The average molecular weight is 255 g/mol. The van der Waals surface area contributed by atoms with Gasteiger partial charge >= 0.3 is 0 Å². The Morgan fingerprint density at radius 2 is 1.94 bits per heavy atom. The van der Waals surface area contributed by atoms with Crippen LogP contribution >= 0.6 is 11.6 Å². The molecule has 0 aliphatic heterocycles. The summed E-state index contributed by atoms with van der Waals surface area (Å²) in [7, 11) is 2.09. The second-order valence-corrected chi connectivity index (χ2v) is 6.11. The van der Waals surface area contributed by atoms with Gasteiger partial charge in [-0.2, -0.15) is 0 Å². The van der Waals surface area contributed by atoms with Gasteiger partial charge in [-0.1, -0.05) is 44.5 Å². The van der Waals surface area contributed by atoms with Crippen molar-refractivity contribution in [2.24, 2.45) is 11.1 Å². The van der Waals surface area contributed by atoms with Crippen LogP contribution in [0.3, 0.4) is 0 Å². The highest BCUT2D eigenvalue weighted by Crippen LogP contribution is 2.31. The summed E-state index contributed by atoms with van der Waals surface area (Å²) in [5, 5.41) is 0.808. The van der Waals surface area contributed by atoms with Crippen LogP contribution in [0.25, 0.3) is 0 Å². The van der Waals surface area contributed by atoms with Crippen LogP contribution < -0.4 is 10.6 Å². The van der Waals surface area contributed by atoms with E-state index >= 15 is 0 Å². The fourth-order valence-electron chi connectivity index (χ4n) is 2.14. The molecule has 0 atom stereocenters. The minimum Gasteiger partial charge on any atom is -0.373 e. The number of nitrogens with zero attached hydrogens (tertiary/aromatic N) is 1. The Hall–Kier alpha value is -0.730. The normalized spacial score (nSPS) is 11.6. The van der Waals surface area contributed by atoms with Crippen molar-refractivity contribution in [1.82, 2.24) is 0 Å². The SMILES string of the molecule is CN(CC(C)(C)C)c1c(Cl)cccc1CCN. The molecule has 0 radical (unpaired) electrons. The van der Waals surface area contributed by atoms with E-state index < -0.39 is 0 Å². The number of hydrogen-bond donors (Lipinski definition) is 1. The molecule has 0 aliphatic carbocycles. The monoisotopic (exact) mass is 254 g/mol. The lowest BCUT2D eigenvalue weighted by atomic mass is 9.95. The second kappa shape index (κ2) is 5.74. The maximum atomic E-state index is 6.31. The molecule has 1 rings (SSSR count). The van der Waals surface area contributed by atoms with Crippen molar-refractivity contribution in [3.63, 3.8) is 0 Å². The van der Waals surface area contributed by atoms with E-state index in [0.29, 0.717) is 6.54 Å². The third-order valence-corrected chi connectivity index (χ3v) is 2.88. The summed E-state index contributed by atoms with van der Waals surface area (Å²) in [6, 6.07) is 6.03. The van der Waals surface area contributed by atoms with Gasteiger partial charge in [0.25, 0.3) is 0 Å². The van der Waals surface area contributed by atoms with Crippen LogP contribution in [0.4, 0.5) is 5.69 Å². The summed E-state index contributed by atoms with van der Waals surface area (Å²) in [6.45, 7) is 8.29. The van der Waals surface area contributed by atoms with Gasteiger partial charge in [-0.15, -0.1) is 0 Å². The maximum absolute atomic E-state index is 6.31. The number of benzene rings is 1. The molecule has 0 amide bonds. The van der Waals surface area contributed by atoms with Gasteiger partial charge in [-0.3, -0.25) is 0 Å². The number of nitrogens with two attached hydrogens (primary N) is 1. The van der Waals surface area contributed by atoms with Gasteiger partial charge in [0.15, 0.2) is 0 Å². The Morgan fingerprint density at radius 1 is 1.29 bits per heavy atom. The van der Waals surface area contributed by atoms with E-state index in [4.69, 9.17) is 17.3 Å². The Bertz CT molecular complexity index is 369. The van der Waals surface area contributed by atoms with Gasteiger partial charge in [-0.25, -0.2) is 0 Å². The van der Waals surface area contributed by atoms with Gasteiger partial charge < -0.3 is 10.6 Å². The molecule has 0 bridgehead atoms. The van der Waals surface area contributed by atoms with E-state index in [9.17, 15) is 0 Å². The predicted molar refractivity (Wildman–Crippen MR) is 76.9 cm³/mol. The van der Waals surface area contributed by atoms with E-state index in [0.717, 1.165) is 23.7 Å². The van der Waals surface area contributed by atoms with E-state index in [1.807, 2.05) is 12.1 Å². The fraction of sp³-hybridized carbons (Fsp3) is 0.571. The van der Waals surface area contributed by atoms with Crippen LogP contribution in [-0.4, -0.2) is 20.1 Å². The van der Waals surface area contributed by atoms with Crippen LogP contribution in [-0.2, 0) is 6.42 Å². The van der Waals surface area contributed by atoms with E-state index in [-0.39, 0.29) is 5.41 Å². The number of halogens is 1. The highest BCUT2D eigenvalue weighted by atomic mass is 35.5. The Morgan fingerprint density at radius 3 is 2.47 bits per heavy atom. The first-order chi connectivity index (χ1) is 7.85. The van der Waals surface area contributed by atoms with Gasteiger partial charge in [0, 0.05) is 13.6 Å². The number of hydrogen-bond acceptors (Lipinski definition) is 2. The fourth-order valence-corrected chi connectivity index (χ4v) is 2.47. The molecule has 0 aliphatic rings. The lowest BCUT2D eigenvalue weighted by Gasteiger charge is -2.30. The van der Waals surface area contributed by atoms with Crippen molar-refractivity contribution < 1.29 is 0 Å². The minimum atomic E-state index is 0.244. The molecule has 0 saturated carbocycles. The quantitative estimate of drug-likeness (QED) is 0.893. The van der Waals surface area contributed by atoms with Gasteiger partial charge in [-0.05, 0) is 30.0 Å². The smallest absolute Gasteiger partial charge is 0.0642 e. The molecule has 2 nitrogen and oxygen atoms in total. The van der Waals surface area contributed by atoms with Crippen molar-refractivity contribution >= 4 is 17.3 Å². The summed E-state index contributed by atoms with van der Waals surface area (Å²) in [4.78, 5) is 2.23. The maximum Gasteiger partial charge on any atom is 0.0642 e. The number of rotatable bonds is 4. The molecule has 0 saturated heterocycles. The largest absolute Gasteiger partial charge is 0.373 e. The summed E-state index contributed by atoms with van der Waals surface area (Å²) in [5.74, 6) is 0. The molecule has 1 aromatic carbocycles. The molecule has 0 fully saturated rings. The Kier molecular flexibility index (Phi) is 4.84. The zero-order valence-corrected chi connectivity index (χ0v) is 12.0. The summed E-state index contributed by atoms with van der Waals surface area (Å²) >= 11 is 6.31. The van der Waals surface area contributed by atoms with Crippen LogP contribution in [0.15, 0.2) is 18.2 Å². The molecule has 0 heterocycles. The van der Waals surface area contributed by atoms with Crippen molar-refractivity contribution in [2.75, 3.05) is 25.0 Å². The Labute approximate surface area is 110 Å². The van der Waals surface area contributed by atoms with Crippen LogP contribution in [0.5, 0.6) is 0 Å². The molecule has 0 unspecified atom stereocenters. The van der Waals surface area contributed by atoms with Crippen LogP contribution in [0.2, 0.25) is 5.02 Å². The third-order valence-electron chi connectivity index (χ3n) is 2.58. The first kappa shape index (κ1) is 14.3. The van der Waals surface area contributed by atoms with Crippen molar-refractivity contribution in [3.8, 4) is 0 Å². The van der Waals surface area contributed by atoms with Gasteiger partial charge in [0.2, 0.25) is 0 Å². The van der Waals surface area contributed by atoms with Crippen LogP contribution in [0, 0.1) is 5.41 Å². The summed E-state index contributed by atoms with van der Waals surface area (Å²) in [6.07, 6.45) is 0.865. The molecule has 1 aromatic rings. The third kappa shape index (κ3) is 4.21. The molecule has 3 heteroatoms.